The van der Waals surface area contributed by atoms with E-state index in [4.69, 9.17) is 0 Å². The quantitative estimate of drug-likeness (QED) is 0.852. The molecular formula is C21H27N3O. The molecule has 132 valence electrons. The van der Waals surface area contributed by atoms with Crippen LogP contribution in [0.15, 0.2) is 48.5 Å². The molecule has 0 aromatic heterocycles. The van der Waals surface area contributed by atoms with Crippen LogP contribution in [0, 0.1) is 0 Å². The highest BCUT2D eigenvalue weighted by Gasteiger charge is 2.22. The maximum Gasteiger partial charge on any atom is 0.254 e. The van der Waals surface area contributed by atoms with E-state index >= 15 is 0 Å². The van der Waals surface area contributed by atoms with Gasteiger partial charge in [-0.05, 0) is 49.7 Å². The second-order valence-corrected chi connectivity index (χ2v) is 6.50. The number of para-hydroxylation sites is 1. The van der Waals surface area contributed by atoms with Gasteiger partial charge >= 0.3 is 0 Å². The number of hydrogen-bond donors (Lipinski definition) is 0. The van der Waals surface area contributed by atoms with Crippen LogP contribution in [0.5, 0.6) is 0 Å². The van der Waals surface area contributed by atoms with Crippen LogP contribution in [0.3, 0.4) is 0 Å². The van der Waals surface area contributed by atoms with Gasteiger partial charge in [-0.25, -0.2) is 0 Å². The number of benzene rings is 2. The Balaban J connectivity index is 1.79. The minimum atomic E-state index is 0.108. The largest absolute Gasteiger partial charge is 0.373 e. The van der Waals surface area contributed by atoms with Gasteiger partial charge in [-0.15, -0.1) is 0 Å². The molecule has 4 nitrogen and oxygen atoms in total. The predicted octanol–water partition coefficient (Wildman–Crippen LogP) is 3.63. The van der Waals surface area contributed by atoms with Crippen LogP contribution in [-0.2, 0) is 6.54 Å². The van der Waals surface area contributed by atoms with E-state index in [1.165, 1.54) is 16.9 Å². The molecule has 0 N–H and O–H groups in total. The summed E-state index contributed by atoms with van der Waals surface area (Å²) in [5.74, 6) is 0.108. The molecule has 0 saturated heterocycles. The number of rotatable bonds is 4. The van der Waals surface area contributed by atoms with E-state index in [0.717, 1.165) is 31.7 Å². The lowest BCUT2D eigenvalue weighted by Gasteiger charge is -2.23. The summed E-state index contributed by atoms with van der Waals surface area (Å²) in [5, 5.41) is 0. The number of nitrogens with zero attached hydrogens (tertiary/aromatic N) is 3. The van der Waals surface area contributed by atoms with E-state index in [2.05, 4.69) is 61.0 Å². The van der Waals surface area contributed by atoms with Crippen LogP contribution in [0.1, 0.15) is 29.8 Å². The number of amides is 1. The zero-order chi connectivity index (χ0) is 17.8. The first-order valence-corrected chi connectivity index (χ1v) is 9.07. The third-order valence-electron chi connectivity index (χ3n) is 5.00. The van der Waals surface area contributed by atoms with Gasteiger partial charge in [0, 0.05) is 56.7 Å². The highest BCUT2D eigenvalue weighted by molar-refractivity contribution is 5.94. The molecule has 2 aromatic carbocycles. The van der Waals surface area contributed by atoms with Crippen LogP contribution < -0.4 is 9.80 Å². The average Bonchev–Trinajstić information content (AvgIpc) is 2.82. The SMILES string of the molecule is CCN(CC)c1ccc(C(=O)N2CCN(C)c3ccccc3C2)cc1. The lowest BCUT2D eigenvalue weighted by Crippen LogP contribution is -2.34. The van der Waals surface area contributed by atoms with Gasteiger partial charge in [0.25, 0.3) is 5.91 Å². The molecule has 1 amide bonds. The molecule has 0 unspecified atom stereocenters. The smallest absolute Gasteiger partial charge is 0.254 e. The third kappa shape index (κ3) is 3.63. The number of hydrogen-bond acceptors (Lipinski definition) is 3. The molecule has 0 radical (unpaired) electrons. The Bertz CT molecular complexity index is 722. The second kappa shape index (κ2) is 7.60. The summed E-state index contributed by atoms with van der Waals surface area (Å²) in [5.41, 5.74) is 4.35. The monoisotopic (exact) mass is 337 g/mol. The zero-order valence-corrected chi connectivity index (χ0v) is 15.4. The van der Waals surface area contributed by atoms with E-state index in [9.17, 15) is 4.79 Å². The van der Waals surface area contributed by atoms with E-state index in [1.807, 2.05) is 23.1 Å². The van der Waals surface area contributed by atoms with Crippen molar-refractivity contribution in [2.24, 2.45) is 0 Å². The molecule has 2 aromatic rings. The molecule has 1 aliphatic heterocycles. The first kappa shape index (κ1) is 17.3. The first-order chi connectivity index (χ1) is 12.1. The molecule has 25 heavy (non-hydrogen) atoms. The summed E-state index contributed by atoms with van der Waals surface area (Å²) >= 11 is 0. The van der Waals surface area contributed by atoms with Gasteiger partial charge in [-0.3, -0.25) is 4.79 Å². The summed E-state index contributed by atoms with van der Waals surface area (Å²) in [6, 6.07) is 16.4. The molecule has 0 fully saturated rings. The lowest BCUT2D eigenvalue weighted by atomic mass is 10.1. The molecule has 0 bridgehead atoms. The highest BCUT2D eigenvalue weighted by Crippen LogP contribution is 2.25. The Morgan fingerprint density at radius 3 is 2.36 bits per heavy atom. The number of anilines is 2. The Kier molecular flexibility index (Phi) is 5.27. The van der Waals surface area contributed by atoms with Crippen molar-refractivity contribution < 1.29 is 4.79 Å². The molecule has 0 aliphatic carbocycles. The molecule has 0 saturated carbocycles. The highest BCUT2D eigenvalue weighted by atomic mass is 16.2. The van der Waals surface area contributed by atoms with Gasteiger partial charge in [-0.1, -0.05) is 18.2 Å². The van der Waals surface area contributed by atoms with Crippen molar-refractivity contribution >= 4 is 17.3 Å². The summed E-state index contributed by atoms with van der Waals surface area (Å²) in [7, 11) is 2.09. The number of carbonyl (C=O) groups is 1. The summed E-state index contributed by atoms with van der Waals surface area (Å²) in [6.45, 7) is 8.48. The van der Waals surface area contributed by atoms with Crippen molar-refractivity contribution in [3.8, 4) is 0 Å². The maximum absolute atomic E-state index is 13.0. The number of carbonyl (C=O) groups excluding carboxylic acids is 1. The van der Waals surface area contributed by atoms with Crippen molar-refractivity contribution in [1.82, 2.24) is 4.90 Å². The molecule has 1 aliphatic rings. The van der Waals surface area contributed by atoms with E-state index in [1.54, 1.807) is 0 Å². The molecular weight excluding hydrogens is 310 g/mol. The van der Waals surface area contributed by atoms with E-state index in [-0.39, 0.29) is 5.91 Å². The van der Waals surface area contributed by atoms with Gasteiger partial charge < -0.3 is 14.7 Å². The summed E-state index contributed by atoms with van der Waals surface area (Å²) in [6.07, 6.45) is 0. The Morgan fingerprint density at radius 1 is 1.00 bits per heavy atom. The van der Waals surface area contributed by atoms with Gasteiger partial charge in [-0.2, -0.15) is 0 Å². The standard InChI is InChI=1S/C21H27N3O/c1-4-23(5-2)19-12-10-17(11-13-19)21(25)24-15-14-22(3)20-9-7-6-8-18(20)16-24/h6-13H,4-5,14-16H2,1-3H3. The Morgan fingerprint density at radius 2 is 1.68 bits per heavy atom. The molecule has 0 atom stereocenters. The fourth-order valence-electron chi connectivity index (χ4n) is 3.45. The van der Waals surface area contributed by atoms with Gasteiger partial charge in [0.15, 0.2) is 0 Å². The third-order valence-corrected chi connectivity index (χ3v) is 5.00. The normalized spacial score (nSPS) is 14.0. The van der Waals surface area contributed by atoms with Gasteiger partial charge in [0.05, 0.1) is 0 Å². The fourth-order valence-corrected chi connectivity index (χ4v) is 3.45. The van der Waals surface area contributed by atoms with Crippen LogP contribution in [0.25, 0.3) is 0 Å². The topological polar surface area (TPSA) is 26.8 Å². The number of fused-ring (bicyclic) bond motifs is 1. The van der Waals surface area contributed by atoms with Crippen molar-refractivity contribution in [2.75, 3.05) is 43.0 Å². The lowest BCUT2D eigenvalue weighted by molar-refractivity contribution is 0.0752. The first-order valence-electron chi connectivity index (χ1n) is 9.07. The molecule has 4 heteroatoms. The fraction of sp³-hybridized carbons (Fsp3) is 0.381. The second-order valence-electron chi connectivity index (χ2n) is 6.50. The van der Waals surface area contributed by atoms with Crippen LogP contribution >= 0.6 is 0 Å². The van der Waals surface area contributed by atoms with Crippen molar-refractivity contribution in [2.45, 2.75) is 20.4 Å². The van der Waals surface area contributed by atoms with Crippen molar-refractivity contribution in [1.29, 1.82) is 0 Å². The van der Waals surface area contributed by atoms with Crippen molar-refractivity contribution in [3.63, 3.8) is 0 Å². The summed E-state index contributed by atoms with van der Waals surface area (Å²) < 4.78 is 0. The average molecular weight is 337 g/mol. The maximum atomic E-state index is 13.0. The Hall–Kier alpha value is -2.49. The van der Waals surface area contributed by atoms with Crippen LogP contribution in [-0.4, -0.2) is 44.0 Å². The van der Waals surface area contributed by atoms with E-state index in [0.29, 0.717) is 6.54 Å². The number of likely N-dealkylation sites (N-methyl/N-ethyl adjacent to an activating group) is 1. The molecule has 0 spiro atoms. The molecule has 3 rings (SSSR count). The molecule has 1 heterocycles. The zero-order valence-electron chi connectivity index (χ0n) is 15.4. The minimum absolute atomic E-state index is 0.108. The minimum Gasteiger partial charge on any atom is -0.373 e. The van der Waals surface area contributed by atoms with Gasteiger partial charge in [0.1, 0.15) is 0 Å². The van der Waals surface area contributed by atoms with Crippen LogP contribution in [0.4, 0.5) is 11.4 Å². The Labute approximate surface area is 150 Å². The van der Waals surface area contributed by atoms with Crippen molar-refractivity contribution in [3.05, 3.63) is 59.7 Å². The van der Waals surface area contributed by atoms with Crippen LogP contribution in [0.2, 0.25) is 0 Å². The van der Waals surface area contributed by atoms with Gasteiger partial charge in [0.2, 0.25) is 0 Å². The summed E-state index contributed by atoms with van der Waals surface area (Å²) in [4.78, 5) is 19.4. The predicted molar refractivity (Wildman–Crippen MR) is 104 cm³/mol. The van der Waals surface area contributed by atoms with E-state index < -0.39 is 0 Å².